The highest BCUT2D eigenvalue weighted by molar-refractivity contribution is 8.19. The number of carbonyl (C=O) groups is 1. The molecular formula is C44H72N2O13S2. The Labute approximate surface area is 370 Å². The van der Waals surface area contributed by atoms with Crippen LogP contribution in [0.2, 0.25) is 0 Å². The number of ether oxygens (including phenoxy) is 6. The first kappa shape index (κ1) is 50.4. The lowest BCUT2D eigenvalue weighted by atomic mass is 9.73. The number of fused-ring (bicyclic) bond motifs is 1. The fraction of sp³-hybridized carbons (Fsp3) is 0.818. The number of rotatable bonds is 9. The number of cyclic esters (lactones) is 1. The van der Waals surface area contributed by atoms with E-state index in [0.29, 0.717) is 12.1 Å². The molecule has 0 spiro atoms. The molecular weight excluding hydrogens is 829 g/mol. The summed E-state index contributed by atoms with van der Waals surface area (Å²) < 4.78 is 37.5. The fourth-order valence-corrected chi connectivity index (χ4v) is 12.0. The van der Waals surface area contributed by atoms with E-state index >= 15 is 0 Å². The van der Waals surface area contributed by atoms with Crippen molar-refractivity contribution in [3.8, 4) is 0 Å². The van der Waals surface area contributed by atoms with Gasteiger partial charge in [0.15, 0.2) is 12.6 Å². The largest absolute Gasteiger partial charge is 0.459 e. The quantitative estimate of drug-likeness (QED) is 0.168. The van der Waals surface area contributed by atoms with Crippen molar-refractivity contribution in [2.45, 2.75) is 194 Å². The van der Waals surface area contributed by atoms with E-state index in [9.17, 15) is 30.3 Å². The zero-order valence-electron chi connectivity index (χ0n) is 38.1. The van der Waals surface area contributed by atoms with Crippen LogP contribution < -0.4 is 0 Å². The normalized spacial score (nSPS) is 45.3. The molecule has 0 aliphatic carbocycles. The fourth-order valence-electron chi connectivity index (χ4n) is 9.62. The van der Waals surface area contributed by atoms with E-state index in [0.717, 1.165) is 9.79 Å². The summed E-state index contributed by atoms with van der Waals surface area (Å²) in [6.45, 7) is 17.2. The number of oxime groups is 1. The van der Waals surface area contributed by atoms with Crippen LogP contribution in [0.25, 0.3) is 0 Å². The van der Waals surface area contributed by atoms with E-state index in [1.807, 2.05) is 57.1 Å². The number of thioether (sulfide) groups is 2. The Bertz CT molecular complexity index is 1630. The number of carbonyl (C=O) groups excluding carboxylic acids is 1. The minimum Gasteiger partial charge on any atom is -0.459 e. The molecule has 8 unspecified atom stereocenters. The lowest BCUT2D eigenvalue weighted by Crippen LogP contribution is -2.61. The highest BCUT2D eigenvalue weighted by Gasteiger charge is 2.53. The molecule has 18 atom stereocenters. The van der Waals surface area contributed by atoms with Gasteiger partial charge in [0.25, 0.3) is 0 Å². The molecule has 1 aromatic rings. The van der Waals surface area contributed by atoms with Crippen LogP contribution >= 0.6 is 23.5 Å². The van der Waals surface area contributed by atoms with Gasteiger partial charge in [0.05, 0.1) is 53.4 Å². The number of nitrogens with zero attached hydrogens (tertiary/aromatic N) is 2. The third-order valence-corrected chi connectivity index (χ3v) is 15.9. The van der Waals surface area contributed by atoms with Crippen LogP contribution in [0.4, 0.5) is 0 Å². The third-order valence-electron chi connectivity index (χ3n) is 13.4. The molecule has 4 heterocycles. The lowest BCUT2D eigenvalue weighted by molar-refractivity contribution is -0.317. The first-order valence-electron chi connectivity index (χ1n) is 21.6. The minimum absolute atomic E-state index is 0.00227. The standard InChI is InChI=1S/C44H72N2O13S2/c1-14-31-44(10,52)36(48)24(4)33(45-59-41-60-29-17-15-16-18-30(29)61-41)22(2)20-42(8,51)38(58-40-34(47)28(46(11)12)19-23(3)54-40)25(5)35(26(6)39(50)56-31)57-32-21-43(9,53-13)37(49)27(7)55-32/h15-18,22-28,31-32,34-38,40-41,47-49,51-52H,14,19-21H2,1-13H3/t22-,23?,24+,25+,26-,27?,28?,31-,32?,34?,35+,36-,37?,38-,40?,42-,43?,44-/m1/s1. The second-order valence-corrected chi connectivity index (χ2v) is 21.2. The van der Waals surface area contributed by atoms with Crippen molar-refractivity contribution >= 4 is 35.2 Å². The zero-order valence-corrected chi connectivity index (χ0v) is 39.7. The summed E-state index contributed by atoms with van der Waals surface area (Å²) in [4.78, 5) is 24.6. The van der Waals surface area contributed by atoms with Crippen molar-refractivity contribution in [2.75, 3.05) is 21.2 Å². The average Bonchev–Trinajstić information content (AvgIpc) is 3.62. The Balaban J connectivity index is 1.61. The molecule has 15 nitrogen and oxygen atoms in total. The summed E-state index contributed by atoms with van der Waals surface area (Å²) >= 11 is 3.01. The number of esters is 1. The molecule has 3 saturated heterocycles. The van der Waals surface area contributed by atoms with Gasteiger partial charge in [-0.05, 0) is 87.0 Å². The Morgan fingerprint density at radius 3 is 2.10 bits per heavy atom. The van der Waals surface area contributed by atoms with Gasteiger partial charge in [-0.2, -0.15) is 0 Å². The summed E-state index contributed by atoms with van der Waals surface area (Å²) in [6, 6.07) is 7.61. The van der Waals surface area contributed by atoms with Crippen LogP contribution in [0.1, 0.15) is 94.9 Å². The number of hydrogen-bond donors (Lipinski definition) is 5. The van der Waals surface area contributed by atoms with Gasteiger partial charge in [-0.3, -0.25) is 4.79 Å². The van der Waals surface area contributed by atoms with Gasteiger partial charge >= 0.3 is 5.97 Å². The predicted molar refractivity (Wildman–Crippen MR) is 232 cm³/mol. The third kappa shape index (κ3) is 11.1. The van der Waals surface area contributed by atoms with Gasteiger partial charge < -0.3 is 63.7 Å². The van der Waals surface area contributed by atoms with Gasteiger partial charge in [0.1, 0.15) is 23.9 Å². The van der Waals surface area contributed by atoms with Crippen molar-refractivity contribution < 1.29 is 63.6 Å². The molecule has 348 valence electrons. The maximum Gasteiger partial charge on any atom is 0.311 e. The van der Waals surface area contributed by atoms with Crippen LogP contribution in [0.15, 0.2) is 39.2 Å². The SMILES string of the molecule is CC[C@H]1OC(=O)[C@H](C)[C@@H](OC2CC(C)(OC)C(O)C(C)O2)[C@H](C)[C@@H](OC2OC(C)CC(N(C)C)C2O)[C@](C)(O)C[C@@H](C)C(=NOC2Sc3ccccc3S2)[C@H](C)[C@@H](O)[C@]1(C)O. The highest BCUT2D eigenvalue weighted by Crippen LogP contribution is 2.48. The second-order valence-electron chi connectivity index (χ2n) is 18.7. The van der Waals surface area contributed by atoms with E-state index in [4.69, 9.17) is 33.3 Å². The molecule has 1 aromatic carbocycles. The van der Waals surface area contributed by atoms with Gasteiger partial charge in [0.2, 0.25) is 4.77 Å². The van der Waals surface area contributed by atoms with Crippen molar-refractivity contribution in [3.63, 3.8) is 0 Å². The molecule has 0 amide bonds. The number of benzene rings is 1. The molecule has 0 radical (unpaired) electrons. The second kappa shape index (κ2) is 20.3. The van der Waals surface area contributed by atoms with Gasteiger partial charge in [-0.15, -0.1) is 0 Å². The Morgan fingerprint density at radius 1 is 0.902 bits per heavy atom. The Kier molecular flexibility index (Phi) is 16.8. The summed E-state index contributed by atoms with van der Waals surface area (Å²) in [5, 5.41) is 64.5. The van der Waals surface area contributed by atoms with Gasteiger partial charge in [0, 0.05) is 47.1 Å². The lowest BCUT2D eigenvalue weighted by Gasteiger charge is -2.49. The van der Waals surface area contributed by atoms with Crippen molar-refractivity contribution in [1.82, 2.24) is 4.90 Å². The number of aliphatic hydroxyl groups is 5. The summed E-state index contributed by atoms with van der Waals surface area (Å²) in [5.41, 5.74) is -4.39. The number of hydrogen-bond acceptors (Lipinski definition) is 17. The Morgan fingerprint density at radius 2 is 1.52 bits per heavy atom. The van der Waals surface area contributed by atoms with Crippen LogP contribution in [-0.4, -0.2) is 152 Å². The van der Waals surface area contributed by atoms with Crippen LogP contribution in [0.3, 0.4) is 0 Å². The molecule has 0 bridgehead atoms. The molecule has 4 aliphatic rings. The smallest absolute Gasteiger partial charge is 0.311 e. The number of methoxy groups -OCH3 is 1. The average molecular weight is 901 g/mol. The summed E-state index contributed by atoms with van der Waals surface area (Å²) in [7, 11) is 5.25. The molecule has 61 heavy (non-hydrogen) atoms. The van der Waals surface area contributed by atoms with Crippen LogP contribution in [-0.2, 0) is 38.1 Å². The van der Waals surface area contributed by atoms with Crippen molar-refractivity contribution in [1.29, 1.82) is 0 Å². The van der Waals surface area contributed by atoms with E-state index in [1.54, 1.807) is 48.5 Å². The Hall–Kier alpha value is -1.58. The maximum atomic E-state index is 14.4. The first-order valence-corrected chi connectivity index (χ1v) is 23.4. The van der Waals surface area contributed by atoms with Crippen molar-refractivity contribution in [2.24, 2.45) is 28.8 Å². The molecule has 0 saturated carbocycles. The molecule has 5 rings (SSSR count). The van der Waals surface area contributed by atoms with E-state index in [1.165, 1.54) is 37.6 Å². The van der Waals surface area contributed by atoms with Crippen molar-refractivity contribution in [3.05, 3.63) is 24.3 Å². The monoisotopic (exact) mass is 900 g/mol. The van der Waals surface area contributed by atoms with E-state index in [2.05, 4.69) is 5.16 Å². The number of aliphatic hydroxyl groups excluding tert-OH is 3. The van der Waals surface area contributed by atoms with Gasteiger partial charge in [-0.1, -0.05) is 68.5 Å². The summed E-state index contributed by atoms with van der Waals surface area (Å²) in [5.74, 6) is -4.05. The topological polar surface area (TPSA) is 198 Å². The van der Waals surface area contributed by atoms with Gasteiger partial charge in [-0.25, -0.2) is 0 Å². The molecule has 3 fully saturated rings. The van der Waals surface area contributed by atoms with E-state index in [-0.39, 0.29) is 31.4 Å². The predicted octanol–water partition coefficient (Wildman–Crippen LogP) is 4.77. The molecule has 4 aliphatic heterocycles. The zero-order chi connectivity index (χ0) is 45.4. The van der Waals surface area contributed by atoms with E-state index < -0.39 is 107 Å². The summed E-state index contributed by atoms with van der Waals surface area (Å²) in [6.07, 6.45) is -9.35. The molecule has 17 heteroatoms. The number of likely N-dealkylation sites (N-methyl/N-ethyl adjacent to an activating group) is 1. The first-order chi connectivity index (χ1) is 28.4. The maximum absolute atomic E-state index is 14.4. The highest BCUT2D eigenvalue weighted by atomic mass is 32.2. The molecule has 5 N–H and O–H groups in total. The van der Waals surface area contributed by atoms with Crippen LogP contribution in [0.5, 0.6) is 0 Å². The molecule has 0 aromatic heterocycles. The minimum atomic E-state index is -1.95. The van der Waals surface area contributed by atoms with Crippen LogP contribution in [0, 0.1) is 23.7 Å².